The lowest BCUT2D eigenvalue weighted by atomic mass is 9.80. The van der Waals surface area contributed by atoms with Gasteiger partial charge in [-0.25, -0.2) is 0 Å². The Kier molecular flexibility index (Phi) is 3.71. The van der Waals surface area contributed by atoms with E-state index in [1.807, 2.05) is 0 Å². The molecule has 0 aliphatic rings. The predicted octanol–water partition coefficient (Wildman–Crippen LogP) is 3.28. The highest BCUT2D eigenvalue weighted by atomic mass is 32.1. The van der Waals surface area contributed by atoms with Crippen molar-refractivity contribution >= 4 is 12.2 Å². The number of nitrogens with zero attached hydrogens (tertiary/aromatic N) is 2. The predicted molar refractivity (Wildman–Crippen MR) is 65.6 cm³/mol. The molecule has 0 saturated heterocycles. The number of nitrogens with one attached hydrogen (secondary N) is 1. The molecule has 1 aromatic rings. The lowest BCUT2D eigenvalue weighted by Crippen LogP contribution is -2.29. The fraction of sp³-hybridized carbons (Fsp3) is 0.818. The molecule has 0 aliphatic carbocycles. The summed E-state index contributed by atoms with van der Waals surface area (Å²) in [5.74, 6) is 1.61. The number of hydrogen-bond donors (Lipinski definition) is 1. The van der Waals surface area contributed by atoms with Gasteiger partial charge in [-0.1, -0.05) is 34.6 Å². The largest absolute Gasteiger partial charge is 0.304 e. The first kappa shape index (κ1) is 12.4. The average Bonchev–Trinajstić information content (AvgIpc) is 2.49. The molecule has 0 bridgehead atoms. The van der Waals surface area contributed by atoms with Gasteiger partial charge < -0.3 is 4.57 Å². The van der Waals surface area contributed by atoms with E-state index in [1.54, 1.807) is 0 Å². The van der Waals surface area contributed by atoms with Crippen LogP contribution in [0.25, 0.3) is 0 Å². The van der Waals surface area contributed by atoms with Crippen LogP contribution in [0.5, 0.6) is 0 Å². The van der Waals surface area contributed by atoms with Crippen molar-refractivity contribution in [3.8, 4) is 0 Å². The van der Waals surface area contributed by atoms with Crippen molar-refractivity contribution in [1.82, 2.24) is 14.8 Å². The van der Waals surface area contributed by atoms with Crippen LogP contribution in [0.4, 0.5) is 0 Å². The summed E-state index contributed by atoms with van der Waals surface area (Å²) in [6.07, 6.45) is 1.08. The van der Waals surface area contributed by atoms with E-state index in [-0.39, 0.29) is 5.41 Å². The summed E-state index contributed by atoms with van der Waals surface area (Å²) in [4.78, 5) is 0. The van der Waals surface area contributed by atoms with Crippen molar-refractivity contribution in [2.45, 2.75) is 53.0 Å². The summed E-state index contributed by atoms with van der Waals surface area (Å²) >= 11 is 5.24. The fourth-order valence-corrected chi connectivity index (χ4v) is 1.72. The smallest absolute Gasteiger partial charge is 0.195 e. The first-order valence-electron chi connectivity index (χ1n) is 5.57. The van der Waals surface area contributed by atoms with Crippen LogP contribution in [-0.2, 0) is 12.0 Å². The molecule has 1 aromatic heterocycles. The van der Waals surface area contributed by atoms with E-state index >= 15 is 0 Å². The van der Waals surface area contributed by atoms with Gasteiger partial charge >= 0.3 is 0 Å². The van der Waals surface area contributed by atoms with Crippen molar-refractivity contribution < 1.29 is 0 Å². The molecular formula is C11H21N3S. The third-order valence-electron chi connectivity index (χ3n) is 3.23. The molecule has 4 heteroatoms. The molecule has 1 rings (SSSR count). The van der Waals surface area contributed by atoms with Crippen LogP contribution in [0, 0.1) is 10.7 Å². The van der Waals surface area contributed by atoms with Crippen LogP contribution in [0.15, 0.2) is 0 Å². The molecule has 0 aromatic carbocycles. The SMILES string of the molecule is CCCn1c(C(C)(C)C(C)C)n[nH]c1=S. The lowest BCUT2D eigenvalue weighted by molar-refractivity contribution is 0.335. The molecule has 1 heterocycles. The number of aromatic amines is 1. The average molecular weight is 227 g/mol. The molecule has 0 spiro atoms. The quantitative estimate of drug-likeness (QED) is 0.801. The lowest BCUT2D eigenvalue weighted by Gasteiger charge is -2.28. The molecule has 0 atom stereocenters. The highest BCUT2D eigenvalue weighted by Gasteiger charge is 2.30. The van der Waals surface area contributed by atoms with Gasteiger partial charge in [0.05, 0.1) is 0 Å². The van der Waals surface area contributed by atoms with Crippen molar-refractivity contribution in [3.63, 3.8) is 0 Å². The minimum absolute atomic E-state index is 0.0583. The van der Waals surface area contributed by atoms with E-state index in [1.165, 1.54) is 0 Å². The molecule has 86 valence electrons. The maximum absolute atomic E-state index is 5.24. The number of hydrogen-bond acceptors (Lipinski definition) is 2. The van der Waals surface area contributed by atoms with Crippen LogP contribution in [0.3, 0.4) is 0 Å². The highest BCUT2D eigenvalue weighted by Crippen LogP contribution is 2.29. The summed E-state index contributed by atoms with van der Waals surface area (Å²) in [6.45, 7) is 12.0. The third-order valence-corrected chi connectivity index (χ3v) is 3.54. The monoisotopic (exact) mass is 227 g/mol. The fourth-order valence-electron chi connectivity index (χ4n) is 1.50. The first-order chi connectivity index (χ1) is 6.91. The zero-order chi connectivity index (χ0) is 11.6. The Morgan fingerprint density at radius 1 is 1.47 bits per heavy atom. The molecule has 1 N–H and O–H groups in total. The van der Waals surface area contributed by atoms with E-state index in [9.17, 15) is 0 Å². The maximum Gasteiger partial charge on any atom is 0.195 e. The Balaban J connectivity index is 3.19. The molecule has 0 unspecified atom stereocenters. The van der Waals surface area contributed by atoms with Crippen LogP contribution in [0.2, 0.25) is 0 Å². The topological polar surface area (TPSA) is 33.6 Å². The van der Waals surface area contributed by atoms with Crippen molar-refractivity contribution in [2.24, 2.45) is 5.92 Å². The van der Waals surface area contributed by atoms with E-state index in [0.717, 1.165) is 23.6 Å². The zero-order valence-electron chi connectivity index (χ0n) is 10.3. The molecule has 0 aliphatic heterocycles. The van der Waals surface area contributed by atoms with E-state index < -0.39 is 0 Å². The Morgan fingerprint density at radius 3 is 2.53 bits per heavy atom. The zero-order valence-corrected chi connectivity index (χ0v) is 11.1. The van der Waals surface area contributed by atoms with E-state index in [4.69, 9.17) is 12.2 Å². The van der Waals surface area contributed by atoms with Gasteiger partial charge in [0.1, 0.15) is 5.82 Å². The second kappa shape index (κ2) is 4.47. The number of rotatable bonds is 4. The molecule has 0 radical (unpaired) electrons. The molecule has 0 saturated carbocycles. The van der Waals surface area contributed by atoms with Crippen LogP contribution < -0.4 is 0 Å². The van der Waals surface area contributed by atoms with Gasteiger partial charge in [-0.15, -0.1) is 0 Å². The number of aromatic nitrogens is 3. The Morgan fingerprint density at radius 2 is 2.07 bits per heavy atom. The second-order valence-electron chi connectivity index (χ2n) is 4.88. The summed E-state index contributed by atoms with van der Waals surface area (Å²) in [7, 11) is 0. The van der Waals surface area contributed by atoms with Gasteiger partial charge in [-0.3, -0.25) is 5.10 Å². The van der Waals surface area contributed by atoms with Gasteiger partial charge in [0.15, 0.2) is 4.77 Å². The van der Waals surface area contributed by atoms with Crippen molar-refractivity contribution in [1.29, 1.82) is 0 Å². The minimum Gasteiger partial charge on any atom is -0.304 e. The molecule has 0 amide bonds. The van der Waals surface area contributed by atoms with Gasteiger partial charge in [-0.2, -0.15) is 5.10 Å². The number of H-pyrrole nitrogens is 1. The third kappa shape index (κ3) is 2.30. The van der Waals surface area contributed by atoms with Crippen molar-refractivity contribution in [2.75, 3.05) is 0 Å². The van der Waals surface area contributed by atoms with Gasteiger partial charge in [0.25, 0.3) is 0 Å². The minimum atomic E-state index is 0.0583. The molecular weight excluding hydrogens is 206 g/mol. The van der Waals surface area contributed by atoms with Crippen LogP contribution in [0.1, 0.15) is 46.9 Å². The van der Waals surface area contributed by atoms with Gasteiger partial charge in [0.2, 0.25) is 0 Å². The maximum atomic E-state index is 5.24. The van der Waals surface area contributed by atoms with Crippen LogP contribution in [-0.4, -0.2) is 14.8 Å². The Hall–Kier alpha value is -0.640. The summed E-state index contributed by atoms with van der Waals surface area (Å²) in [5, 5.41) is 7.27. The van der Waals surface area contributed by atoms with E-state index in [0.29, 0.717) is 5.92 Å². The molecule has 0 fully saturated rings. The van der Waals surface area contributed by atoms with Crippen LogP contribution >= 0.6 is 12.2 Å². The summed E-state index contributed by atoms with van der Waals surface area (Å²) in [5.41, 5.74) is 0.0583. The normalized spacial score (nSPS) is 12.4. The second-order valence-corrected chi connectivity index (χ2v) is 5.27. The Labute approximate surface area is 96.9 Å². The highest BCUT2D eigenvalue weighted by molar-refractivity contribution is 7.71. The standard InChI is InChI=1S/C11H21N3S/c1-6-7-14-9(12-13-10(14)15)11(4,5)8(2)3/h8H,6-7H2,1-5H3,(H,13,15). The van der Waals surface area contributed by atoms with Gasteiger partial charge in [0, 0.05) is 12.0 Å². The summed E-state index contributed by atoms with van der Waals surface area (Å²) < 4.78 is 2.86. The summed E-state index contributed by atoms with van der Waals surface area (Å²) in [6, 6.07) is 0. The molecule has 3 nitrogen and oxygen atoms in total. The van der Waals surface area contributed by atoms with Crippen molar-refractivity contribution in [3.05, 3.63) is 10.6 Å². The first-order valence-corrected chi connectivity index (χ1v) is 5.97. The van der Waals surface area contributed by atoms with E-state index in [2.05, 4.69) is 49.4 Å². The van der Waals surface area contributed by atoms with Gasteiger partial charge in [-0.05, 0) is 24.6 Å². The molecule has 15 heavy (non-hydrogen) atoms. The Bertz CT molecular complexity index is 373.